The van der Waals surface area contributed by atoms with E-state index in [9.17, 15) is 0 Å². The van der Waals surface area contributed by atoms with E-state index >= 15 is 0 Å². The molecule has 3 rings (SSSR count). The number of anilines is 2. The lowest BCUT2D eigenvalue weighted by molar-refractivity contribution is 0.396. The summed E-state index contributed by atoms with van der Waals surface area (Å²) < 4.78 is 5.83. The van der Waals surface area contributed by atoms with E-state index in [4.69, 9.17) is 10.5 Å². The van der Waals surface area contributed by atoms with Crippen LogP contribution in [0.4, 0.5) is 11.4 Å². The molecular weight excluding hydrogens is 334 g/mol. The molecule has 1 heterocycles. The molecule has 0 spiro atoms. The molecule has 4 nitrogen and oxygen atoms in total. The van der Waals surface area contributed by atoms with Crippen LogP contribution in [0.25, 0.3) is 12.2 Å². The number of nitrogen functional groups attached to an aromatic ring is 1. The fourth-order valence-electron chi connectivity index (χ4n) is 3.18. The maximum Gasteiger partial charge on any atom is 0.129 e. The number of hydrogen-bond acceptors (Lipinski definition) is 4. The van der Waals surface area contributed by atoms with Crippen LogP contribution in [0.5, 0.6) is 5.75 Å². The van der Waals surface area contributed by atoms with Crippen molar-refractivity contribution < 1.29 is 4.74 Å². The van der Waals surface area contributed by atoms with Crippen LogP contribution in [0.3, 0.4) is 0 Å². The molecule has 1 aliphatic heterocycles. The Morgan fingerprint density at radius 3 is 2.44 bits per heavy atom. The first-order valence-corrected chi connectivity index (χ1v) is 9.28. The van der Waals surface area contributed by atoms with Crippen LogP contribution in [-0.2, 0) is 5.41 Å². The van der Waals surface area contributed by atoms with Gasteiger partial charge in [-0.1, -0.05) is 51.1 Å². The van der Waals surface area contributed by atoms with Gasteiger partial charge in [-0.15, -0.1) is 0 Å². The van der Waals surface area contributed by atoms with E-state index in [2.05, 4.69) is 67.5 Å². The Hall–Kier alpha value is -2.72. The van der Waals surface area contributed by atoms with E-state index < -0.39 is 0 Å². The number of nitrogens with one attached hydrogen (secondary N) is 1. The van der Waals surface area contributed by atoms with E-state index in [1.807, 2.05) is 24.3 Å². The van der Waals surface area contributed by atoms with E-state index in [0.29, 0.717) is 0 Å². The van der Waals surface area contributed by atoms with E-state index in [1.165, 1.54) is 5.56 Å². The maximum atomic E-state index is 5.83. The zero-order valence-corrected chi connectivity index (χ0v) is 16.6. The number of rotatable bonds is 4. The second-order valence-corrected chi connectivity index (χ2v) is 7.83. The van der Waals surface area contributed by atoms with Gasteiger partial charge in [0.1, 0.15) is 5.75 Å². The molecule has 0 unspecified atom stereocenters. The third kappa shape index (κ3) is 4.52. The van der Waals surface area contributed by atoms with E-state index in [-0.39, 0.29) is 5.41 Å². The van der Waals surface area contributed by atoms with Gasteiger partial charge in [0, 0.05) is 35.2 Å². The Balaban J connectivity index is 2.07. The first-order valence-electron chi connectivity index (χ1n) is 9.28. The summed E-state index contributed by atoms with van der Waals surface area (Å²) >= 11 is 0. The Bertz CT molecular complexity index is 845. The summed E-state index contributed by atoms with van der Waals surface area (Å²) in [5.41, 5.74) is 11.0. The van der Waals surface area contributed by atoms with Crippen molar-refractivity contribution in [1.82, 2.24) is 5.32 Å². The van der Waals surface area contributed by atoms with Crippen molar-refractivity contribution in [3.63, 3.8) is 0 Å². The third-order valence-electron chi connectivity index (χ3n) is 4.67. The number of benzene rings is 2. The monoisotopic (exact) mass is 363 g/mol. The molecule has 4 heteroatoms. The topological polar surface area (TPSA) is 50.5 Å². The van der Waals surface area contributed by atoms with Gasteiger partial charge in [-0.3, -0.25) is 5.32 Å². The van der Waals surface area contributed by atoms with Crippen molar-refractivity contribution in [2.75, 3.05) is 31.0 Å². The quantitative estimate of drug-likeness (QED) is 0.614. The highest BCUT2D eigenvalue weighted by molar-refractivity contribution is 5.77. The molecule has 0 saturated heterocycles. The second kappa shape index (κ2) is 7.89. The predicted molar refractivity (Wildman–Crippen MR) is 116 cm³/mol. The van der Waals surface area contributed by atoms with Crippen molar-refractivity contribution in [2.45, 2.75) is 26.2 Å². The van der Waals surface area contributed by atoms with Crippen molar-refractivity contribution >= 4 is 23.5 Å². The molecule has 2 aromatic carbocycles. The average Bonchev–Trinajstić information content (AvgIpc) is 2.66. The van der Waals surface area contributed by atoms with Crippen LogP contribution in [0.15, 0.2) is 48.7 Å². The van der Waals surface area contributed by atoms with Crippen LogP contribution in [0, 0.1) is 0 Å². The van der Waals surface area contributed by atoms with Gasteiger partial charge in [-0.25, -0.2) is 0 Å². The number of hydrogen-bond donors (Lipinski definition) is 2. The predicted octanol–water partition coefficient (Wildman–Crippen LogP) is 4.63. The Labute approximate surface area is 162 Å². The lowest BCUT2D eigenvalue weighted by Crippen LogP contribution is -2.34. The highest BCUT2D eigenvalue weighted by Crippen LogP contribution is 2.38. The Kier molecular flexibility index (Phi) is 5.57. The summed E-state index contributed by atoms with van der Waals surface area (Å²) in [4.78, 5) is 2.22. The number of nitrogens with zero attached hydrogens (tertiary/aromatic N) is 1. The van der Waals surface area contributed by atoms with Crippen LogP contribution in [0.1, 0.15) is 37.5 Å². The summed E-state index contributed by atoms with van der Waals surface area (Å²) in [5.74, 6) is 0.923. The van der Waals surface area contributed by atoms with Crippen molar-refractivity contribution in [2.24, 2.45) is 0 Å². The summed E-state index contributed by atoms with van der Waals surface area (Å²) in [6.45, 7) is 8.35. The molecule has 0 aromatic heterocycles. The molecule has 3 N–H and O–H groups in total. The van der Waals surface area contributed by atoms with Gasteiger partial charge < -0.3 is 15.4 Å². The molecule has 0 fully saturated rings. The normalized spacial score (nSPS) is 14.7. The van der Waals surface area contributed by atoms with Gasteiger partial charge in [0.25, 0.3) is 0 Å². The van der Waals surface area contributed by atoms with E-state index in [1.54, 1.807) is 7.11 Å². The lowest BCUT2D eigenvalue weighted by Gasteiger charge is -2.29. The van der Waals surface area contributed by atoms with Gasteiger partial charge in [-0.05, 0) is 35.2 Å². The Morgan fingerprint density at radius 1 is 1.11 bits per heavy atom. The lowest BCUT2D eigenvalue weighted by atomic mass is 9.84. The molecule has 0 atom stereocenters. The maximum absolute atomic E-state index is 5.83. The summed E-state index contributed by atoms with van der Waals surface area (Å²) in [6, 6.07) is 12.3. The minimum atomic E-state index is -0.0297. The van der Waals surface area contributed by atoms with Crippen molar-refractivity contribution in [1.29, 1.82) is 0 Å². The first kappa shape index (κ1) is 19.1. The zero-order chi connectivity index (χ0) is 19.4. The highest BCUT2D eigenvalue weighted by Gasteiger charge is 2.23. The van der Waals surface area contributed by atoms with Gasteiger partial charge in [0.15, 0.2) is 0 Å². The molecule has 142 valence electrons. The molecule has 0 amide bonds. The molecule has 1 aliphatic rings. The van der Waals surface area contributed by atoms with Crippen LogP contribution >= 0.6 is 0 Å². The molecule has 0 bridgehead atoms. The number of ether oxygens (including phenoxy) is 1. The average molecular weight is 364 g/mol. The third-order valence-corrected chi connectivity index (χ3v) is 4.67. The molecule has 2 aromatic rings. The molecule has 0 saturated carbocycles. The van der Waals surface area contributed by atoms with Crippen LogP contribution in [0.2, 0.25) is 0 Å². The Morgan fingerprint density at radius 2 is 1.85 bits per heavy atom. The standard InChI is InChI=1S/C23H29N3O/c1-23(2,3)21-15-20(26-13-5-12-25-16-26)14-18(22(21)27-4)9-6-17-7-10-19(24)11-8-17/h5-11,13-15,25H,12,16,24H2,1-4H3/b9-6+. The minimum absolute atomic E-state index is 0.0297. The zero-order valence-electron chi connectivity index (χ0n) is 16.6. The summed E-state index contributed by atoms with van der Waals surface area (Å²) in [7, 11) is 1.74. The largest absolute Gasteiger partial charge is 0.496 e. The number of nitrogens with two attached hydrogens (primary N) is 1. The van der Waals surface area contributed by atoms with Gasteiger partial charge >= 0.3 is 0 Å². The van der Waals surface area contributed by atoms with E-state index in [0.717, 1.165) is 41.5 Å². The number of methoxy groups -OCH3 is 1. The fourth-order valence-corrected chi connectivity index (χ4v) is 3.18. The SMILES string of the molecule is COc1c(/C=C/c2ccc(N)cc2)cc(N2C=CCNC2)cc1C(C)(C)C. The van der Waals surface area contributed by atoms with Crippen LogP contribution in [-0.4, -0.2) is 20.3 Å². The molecular formula is C23H29N3O. The first-order chi connectivity index (χ1) is 12.9. The van der Waals surface area contributed by atoms with Gasteiger partial charge in [-0.2, -0.15) is 0 Å². The fraction of sp³-hybridized carbons (Fsp3) is 0.304. The molecule has 27 heavy (non-hydrogen) atoms. The minimum Gasteiger partial charge on any atom is -0.496 e. The second-order valence-electron chi connectivity index (χ2n) is 7.83. The van der Waals surface area contributed by atoms with Gasteiger partial charge in [0.05, 0.1) is 13.8 Å². The summed E-state index contributed by atoms with van der Waals surface area (Å²) in [6.07, 6.45) is 8.48. The molecule has 0 radical (unpaired) electrons. The highest BCUT2D eigenvalue weighted by atomic mass is 16.5. The van der Waals surface area contributed by atoms with Crippen LogP contribution < -0.4 is 20.7 Å². The van der Waals surface area contributed by atoms with Gasteiger partial charge in [0.2, 0.25) is 0 Å². The summed E-state index contributed by atoms with van der Waals surface area (Å²) in [5, 5.41) is 3.38. The molecule has 0 aliphatic carbocycles. The van der Waals surface area contributed by atoms with Crippen molar-refractivity contribution in [3.8, 4) is 5.75 Å². The van der Waals surface area contributed by atoms with Crippen molar-refractivity contribution in [3.05, 3.63) is 65.4 Å². The smallest absolute Gasteiger partial charge is 0.129 e.